The molecule has 1 aromatic rings. The number of aliphatic hydroxyl groups excluding tert-OH is 1. The SMILES string of the molecule is CC1C(=O)Nc2ccc(S(=O)(=O)NC(CO)C(C)C)cc21. The minimum atomic E-state index is -3.73. The zero-order valence-electron chi connectivity index (χ0n) is 12.3. The van der Waals surface area contributed by atoms with Gasteiger partial charge in [-0.25, -0.2) is 13.1 Å². The highest BCUT2D eigenvalue weighted by Gasteiger charge is 2.29. The van der Waals surface area contributed by atoms with E-state index < -0.39 is 16.1 Å². The molecule has 1 aliphatic rings. The van der Waals surface area contributed by atoms with Crippen molar-refractivity contribution in [1.82, 2.24) is 4.72 Å². The van der Waals surface area contributed by atoms with Gasteiger partial charge in [-0.3, -0.25) is 4.79 Å². The molecule has 2 rings (SSSR count). The van der Waals surface area contributed by atoms with Crippen LogP contribution in [0.2, 0.25) is 0 Å². The fourth-order valence-electron chi connectivity index (χ4n) is 2.21. The van der Waals surface area contributed by atoms with Crippen molar-refractivity contribution in [2.24, 2.45) is 5.92 Å². The summed E-state index contributed by atoms with van der Waals surface area (Å²) in [4.78, 5) is 11.7. The van der Waals surface area contributed by atoms with E-state index in [0.717, 1.165) is 0 Å². The smallest absolute Gasteiger partial charge is 0.240 e. The number of hydrogen-bond acceptors (Lipinski definition) is 4. The first-order valence-corrected chi connectivity index (χ1v) is 8.32. The molecule has 0 fully saturated rings. The highest BCUT2D eigenvalue weighted by atomic mass is 32.2. The van der Waals surface area contributed by atoms with Crippen LogP contribution in [0.1, 0.15) is 32.3 Å². The number of fused-ring (bicyclic) bond motifs is 1. The van der Waals surface area contributed by atoms with E-state index in [1.165, 1.54) is 12.1 Å². The van der Waals surface area contributed by atoms with Crippen LogP contribution in [0.25, 0.3) is 0 Å². The maximum absolute atomic E-state index is 12.4. The van der Waals surface area contributed by atoms with Gasteiger partial charge >= 0.3 is 0 Å². The number of aliphatic hydroxyl groups is 1. The van der Waals surface area contributed by atoms with Crippen LogP contribution in [0, 0.1) is 5.92 Å². The molecular weight excluding hydrogens is 292 g/mol. The van der Waals surface area contributed by atoms with Gasteiger partial charge in [-0.1, -0.05) is 13.8 Å². The number of amides is 1. The first-order chi connectivity index (χ1) is 9.76. The molecule has 1 aromatic carbocycles. The quantitative estimate of drug-likeness (QED) is 0.757. The molecule has 0 aromatic heterocycles. The molecule has 6 nitrogen and oxygen atoms in total. The van der Waals surface area contributed by atoms with Gasteiger partial charge in [0.1, 0.15) is 0 Å². The Bertz CT molecular complexity index is 655. The molecule has 3 N–H and O–H groups in total. The van der Waals surface area contributed by atoms with Crippen molar-refractivity contribution < 1.29 is 18.3 Å². The predicted molar refractivity (Wildman–Crippen MR) is 79.5 cm³/mol. The lowest BCUT2D eigenvalue weighted by molar-refractivity contribution is -0.116. The normalized spacial score (nSPS) is 19.5. The Balaban J connectivity index is 2.32. The maximum Gasteiger partial charge on any atom is 0.240 e. The molecule has 0 spiro atoms. The second-order valence-corrected chi connectivity index (χ2v) is 7.33. The van der Waals surface area contributed by atoms with Gasteiger partial charge in [0.05, 0.1) is 17.4 Å². The van der Waals surface area contributed by atoms with Gasteiger partial charge in [-0.2, -0.15) is 0 Å². The second kappa shape index (κ2) is 5.75. The molecule has 0 aliphatic carbocycles. The van der Waals surface area contributed by atoms with E-state index in [1.807, 2.05) is 13.8 Å². The van der Waals surface area contributed by atoms with Crippen LogP contribution >= 0.6 is 0 Å². The van der Waals surface area contributed by atoms with Crippen LogP contribution in [-0.4, -0.2) is 32.1 Å². The van der Waals surface area contributed by atoms with Crippen molar-refractivity contribution in [3.8, 4) is 0 Å². The topological polar surface area (TPSA) is 95.5 Å². The van der Waals surface area contributed by atoms with Crippen LogP contribution in [0.4, 0.5) is 5.69 Å². The van der Waals surface area contributed by atoms with E-state index in [4.69, 9.17) is 0 Å². The molecule has 116 valence electrons. The van der Waals surface area contributed by atoms with Crippen LogP contribution in [0.15, 0.2) is 23.1 Å². The largest absolute Gasteiger partial charge is 0.395 e. The van der Waals surface area contributed by atoms with E-state index in [1.54, 1.807) is 13.0 Å². The first-order valence-electron chi connectivity index (χ1n) is 6.84. The molecule has 2 atom stereocenters. The summed E-state index contributed by atoms with van der Waals surface area (Å²) in [6.07, 6.45) is 0. The highest BCUT2D eigenvalue weighted by Crippen LogP contribution is 2.33. The fraction of sp³-hybridized carbons (Fsp3) is 0.500. The Kier molecular flexibility index (Phi) is 4.36. The zero-order valence-corrected chi connectivity index (χ0v) is 13.1. The number of nitrogens with one attached hydrogen (secondary N) is 2. The molecule has 0 radical (unpaired) electrons. The van der Waals surface area contributed by atoms with Crippen molar-refractivity contribution in [2.75, 3.05) is 11.9 Å². The third-order valence-corrected chi connectivity index (χ3v) is 5.25. The van der Waals surface area contributed by atoms with Crippen LogP contribution in [0.5, 0.6) is 0 Å². The fourth-order valence-corrected chi connectivity index (χ4v) is 3.62. The van der Waals surface area contributed by atoms with Crippen LogP contribution < -0.4 is 10.0 Å². The third kappa shape index (κ3) is 3.09. The van der Waals surface area contributed by atoms with E-state index >= 15 is 0 Å². The standard InChI is InChI=1S/C14H20N2O4S/c1-8(2)13(7-17)16-21(19,20)10-4-5-12-11(6-10)9(3)14(18)15-12/h4-6,8-9,13,16-17H,7H2,1-3H3,(H,15,18). The second-order valence-electron chi connectivity index (χ2n) is 5.61. The van der Waals surface area contributed by atoms with Gasteiger partial charge in [-0.05, 0) is 36.6 Å². The van der Waals surface area contributed by atoms with Crippen LogP contribution in [-0.2, 0) is 14.8 Å². The number of anilines is 1. The van der Waals surface area contributed by atoms with E-state index in [0.29, 0.717) is 11.3 Å². The van der Waals surface area contributed by atoms with Crippen molar-refractivity contribution in [1.29, 1.82) is 0 Å². The Hall–Kier alpha value is -1.44. The molecule has 1 heterocycles. The number of carbonyl (C=O) groups is 1. The average molecular weight is 312 g/mol. The average Bonchev–Trinajstić information content (AvgIpc) is 2.71. The number of hydrogen-bond donors (Lipinski definition) is 3. The van der Waals surface area contributed by atoms with Gasteiger partial charge in [0.25, 0.3) is 0 Å². The Morgan fingerprint density at radius 1 is 1.38 bits per heavy atom. The van der Waals surface area contributed by atoms with Gasteiger partial charge in [0.2, 0.25) is 15.9 Å². The number of benzene rings is 1. The maximum atomic E-state index is 12.4. The molecule has 0 saturated carbocycles. The minimum Gasteiger partial charge on any atom is -0.395 e. The Labute approximate surface area is 124 Å². The lowest BCUT2D eigenvalue weighted by Gasteiger charge is -2.20. The molecule has 0 bridgehead atoms. The summed E-state index contributed by atoms with van der Waals surface area (Å²) in [7, 11) is -3.73. The summed E-state index contributed by atoms with van der Waals surface area (Å²) in [6.45, 7) is 5.13. The summed E-state index contributed by atoms with van der Waals surface area (Å²) in [5.41, 5.74) is 1.32. The summed E-state index contributed by atoms with van der Waals surface area (Å²) in [5, 5.41) is 12.0. The molecule has 2 unspecified atom stereocenters. The molecular formula is C14H20N2O4S. The zero-order chi connectivity index (χ0) is 15.8. The molecule has 21 heavy (non-hydrogen) atoms. The number of sulfonamides is 1. The van der Waals surface area contributed by atoms with E-state index in [9.17, 15) is 18.3 Å². The Morgan fingerprint density at radius 2 is 2.05 bits per heavy atom. The van der Waals surface area contributed by atoms with E-state index in [2.05, 4.69) is 10.0 Å². The predicted octanol–water partition coefficient (Wildman–Crippen LogP) is 1.04. The Morgan fingerprint density at radius 3 is 2.62 bits per heavy atom. The molecule has 1 amide bonds. The van der Waals surface area contributed by atoms with Gasteiger partial charge in [0.15, 0.2) is 0 Å². The summed E-state index contributed by atoms with van der Waals surface area (Å²) >= 11 is 0. The monoisotopic (exact) mass is 312 g/mol. The van der Waals surface area contributed by atoms with Gasteiger partial charge < -0.3 is 10.4 Å². The lowest BCUT2D eigenvalue weighted by atomic mass is 10.0. The minimum absolute atomic E-state index is 0.0265. The summed E-state index contributed by atoms with van der Waals surface area (Å²) in [6, 6.07) is 4.01. The van der Waals surface area contributed by atoms with Crippen molar-refractivity contribution in [3.63, 3.8) is 0 Å². The molecule has 0 saturated heterocycles. The third-order valence-electron chi connectivity index (χ3n) is 3.76. The summed E-state index contributed by atoms with van der Waals surface area (Å²) < 4.78 is 27.2. The van der Waals surface area contributed by atoms with Crippen molar-refractivity contribution in [3.05, 3.63) is 23.8 Å². The molecule has 1 aliphatic heterocycles. The van der Waals surface area contributed by atoms with E-state index in [-0.39, 0.29) is 29.2 Å². The number of carbonyl (C=O) groups excluding carboxylic acids is 1. The van der Waals surface area contributed by atoms with Crippen molar-refractivity contribution in [2.45, 2.75) is 37.6 Å². The number of rotatable bonds is 5. The van der Waals surface area contributed by atoms with Crippen molar-refractivity contribution >= 4 is 21.6 Å². The van der Waals surface area contributed by atoms with Gasteiger partial charge in [0, 0.05) is 11.7 Å². The van der Waals surface area contributed by atoms with Gasteiger partial charge in [-0.15, -0.1) is 0 Å². The van der Waals surface area contributed by atoms with Crippen LogP contribution in [0.3, 0.4) is 0 Å². The highest BCUT2D eigenvalue weighted by molar-refractivity contribution is 7.89. The lowest BCUT2D eigenvalue weighted by Crippen LogP contribution is -2.41. The molecule has 7 heteroatoms. The summed E-state index contributed by atoms with van der Waals surface area (Å²) in [5.74, 6) is -0.529. The first kappa shape index (κ1) is 15.9.